The molecule has 0 fully saturated rings. The highest BCUT2D eigenvalue weighted by Crippen LogP contribution is 2.28. The number of amides is 1. The molecule has 0 aliphatic heterocycles. The molecule has 1 unspecified atom stereocenters. The lowest BCUT2D eigenvalue weighted by molar-refractivity contribution is -0.903. The van der Waals surface area contributed by atoms with Gasteiger partial charge in [-0.15, -0.1) is 0 Å². The number of non-ortho nitro benzene ring substituents is 1. The molecule has 28 heavy (non-hydrogen) atoms. The van der Waals surface area contributed by atoms with Crippen molar-refractivity contribution in [3.63, 3.8) is 0 Å². The van der Waals surface area contributed by atoms with Crippen LogP contribution in [0.4, 0.5) is 15.8 Å². The zero-order chi connectivity index (χ0) is 20.7. The van der Waals surface area contributed by atoms with Gasteiger partial charge in [0.1, 0.15) is 12.3 Å². The van der Waals surface area contributed by atoms with E-state index in [-0.39, 0.29) is 29.6 Å². The predicted octanol–water partition coefficient (Wildman–Crippen LogP) is 1.79. The Labute approximate surface area is 162 Å². The summed E-state index contributed by atoms with van der Waals surface area (Å²) < 4.78 is 23.9. The molecule has 0 saturated carbocycles. The van der Waals surface area contributed by atoms with Crippen molar-refractivity contribution in [1.82, 2.24) is 0 Å². The number of rotatable bonds is 9. The van der Waals surface area contributed by atoms with Gasteiger partial charge in [-0.1, -0.05) is 0 Å². The van der Waals surface area contributed by atoms with Crippen molar-refractivity contribution in [1.29, 1.82) is 0 Å². The molecule has 0 spiro atoms. The van der Waals surface area contributed by atoms with Crippen molar-refractivity contribution >= 4 is 17.3 Å². The third-order valence-electron chi connectivity index (χ3n) is 4.25. The summed E-state index contributed by atoms with van der Waals surface area (Å²) in [7, 11) is 2.81. The molecule has 0 aliphatic carbocycles. The third kappa shape index (κ3) is 5.40. The lowest BCUT2D eigenvalue weighted by atomic mass is 10.2. The van der Waals surface area contributed by atoms with Crippen LogP contribution in [0.25, 0.3) is 0 Å². The maximum atomic E-state index is 13.9. The van der Waals surface area contributed by atoms with Crippen molar-refractivity contribution in [3.8, 4) is 11.5 Å². The fraction of sp³-hybridized carbons (Fsp3) is 0.316. The minimum Gasteiger partial charge on any atom is -0.495 e. The molecule has 2 aromatic rings. The molecule has 2 N–H and O–H groups in total. The number of hydrogen-bond donors (Lipinski definition) is 2. The van der Waals surface area contributed by atoms with Crippen LogP contribution < -0.4 is 19.7 Å². The van der Waals surface area contributed by atoms with Gasteiger partial charge in [0.2, 0.25) is 0 Å². The smallest absolute Gasteiger partial charge is 0.279 e. The lowest BCUT2D eigenvalue weighted by Gasteiger charge is -2.18. The lowest BCUT2D eigenvalue weighted by Crippen LogP contribution is -3.11. The Balaban J connectivity index is 2.07. The van der Waals surface area contributed by atoms with Crippen LogP contribution in [0.2, 0.25) is 0 Å². The van der Waals surface area contributed by atoms with Gasteiger partial charge < -0.3 is 19.7 Å². The van der Waals surface area contributed by atoms with Crippen LogP contribution in [-0.4, -0.2) is 38.1 Å². The van der Waals surface area contributed by atoms with Crippen LogP contribution in [0.15, 0.2) is 36.4 Å². The highest BCUT2D eigenvalue weighted by Gasteiger charge is 2.18. The summed E-state index contributed by atoms with van der Waals surface area (Å²) >= 11 is 0. The van der Waals surface area contributed by atoms with E-state index in [1.807, 2.05) is 6.92 Å². The highest BCUT2D eigenvalue weighted by molar-refractivity contribution is 5.93. The van der Waals surface area contributed by atoms with E-state index in [0.717, 1.165) is 10.5 Å². The molecule has 9 heteroatoms. The van der Waals surface area contributed by atoms with Gasteiger partial charge in [0.15, 0.2) is 18.1 Å². The molecule has 0 bridgehead atoms. The summed E-state index contributed by atoms with van der Waals surface area (Å²) in [5.74, 6) is -0.294. The van der Waals surface area contributed by atoms with E-state index in [9.17, 15) is 19.3 Å². The second-order valence-electron chi connectivity index (χ2n) is 6.12. The van der Waals surface area contributed by atoms with E-state index in [0.29, 0.717) is 18.8 Å². The molecule has 1 amide bonds. The number of hydrogen-bond acceptors (Lipinski definition) is 5. The number of nitrogens with zero attached hydrogens (tertiary/aromatic N) is 1. The minimum absolute atomic E-state index is 0.107. The molecule has 2 aromatic carbocycles. The topological polar surface area (TPSA) is 95.1 Å². The van der Waals surface area contributed by atoms with Crippen molar-refractivity contribution < 1.29 is 28.5 Å². The number of nitrogens with one attached hydrogen (secondary N) is 2. The van der Waals surface area contributed by atoms with Crippen molar-refractivity contribution in [2.75, 3.05) is 32.6 Å². The zero-order valence-corrected chi connectivity index (χ0v) is 16.0. The normalized spacial score (nSPS) is 11.6. The summed E-state index contributed by atoms with van der Waals surface area (Å²) in [5.41, 5.74) is 0.813. The fourth-order valence-corrected chi connectivity index (χ4v) is 2.75. The second kappa shape index (κ2) is 9.65. The second-order valence-corrected chi connectivity index (χ2v) is 6.12. The minimum atomic E-state index is -0.545. The summed E-state index contributed by atoms with van der Waals surface area (Å²) in [4.78, 5) is 23.7. The van der Waals surface area contributed by atoms with Gasteiger partial charge in [-0.3, -0.25) is 14.9 Å². The molecular weight excluding hydrogens is 369 g/mol. The van der Waals surface area contributed by atoms with E-state index in [2.05, 4.69) is 5.32 Å². The molecule has 0 radical (unpaired) electrons. The Kier molecular flexibility index (Phi) is 7.28. The van der Waals surface area contributed by atoms with Gasteiger partial charge in [0.25, 0.3) is 11.6 Å². The molecule has 2 rings (SSSR count). The third-order valence-corrected chi connectivity index (χ3v) is 4.25. The van der Waals surface area contributed by atoms with Crippen molar-refractivity contribution in [3.05, 3.63) is 57.9 Å². The summed E-state index contributed by atoms with van der Waals surface area (Å²) in [6.45, 7) is 3.09. The number of carbonyl (C=O) groups excluding carboxylic acids is 1. The summed E-state index contributed by atoms with van der Waals surface area (Å²) in [6, 6.07) is 8.66. The number of carbonyl (C=O) groups is 1. The van der Waals surface area contributed by atoms with Crippen LogP contribution in [-0.2, 0) is 11.3 Å². The summed E-state index contributed by atoms with van der Waals surface area (Å²) in [5, 5.41) is 13.6. The largest absolute Gasteiger partial charge is 0.495 e. The van der Waals surface area contributed by atoms with Gasteiger partial charge in [-0.2, -0.15) is 0 Å². The first kappa shape index (κ1) is 21.1. The Bertz CT molecular complexity index is 859. The average Bonchev–Trinajstić information content (AvgIpc) is 2.67. The van der Waals surface area contributed by atoms with Crippen LogP contribution >= 0.6 is 0 Å². The molecule has 0 heterocycles. The summed E-state index contributed by atoms with van der Waals surface area (Å²) in [6.07, 6.45) is 0. The number of ether oxygens (including phenoxy) is 2. The molecule has 8 nitrogen and oxygen atoms in total. The van der Waals surface area contributed by atoms with E-state index in [1.54, 1.807) is 12.1 Å². The first-order valence-electron chi connectivity index (χ1n) is 8.66. The van der Waals surface area contributed by atoms with Gasteiger partial charge in [0.05, 0.1) is 31.4 Å². The van der Waals surface area contributed by atoms with Crippen molar-refractivity contribution in [2.24, 2.45) is 0 Å². The van der Waals surface area contributed by atoms with Crippen LogP contribution in [0.3, 0.4) is 0 Å². The number of nitro groups is 1. The van der Waals surface area contributed by atoms with E-state index < -0.39 is 10.7 Å². The average molecular weight is 392 g/mol. The predicted molar refractivity (Wildman–Crippen MR) is 101 cm³/mol. The zero-order valence-electron chi connectivity index (χ0n) is 16.0. The van der Waals surface area contributed by atoms with Crippen LogP contribution in [0, 0.1) is 15.9 Å². The van der Waals surface area contributed by atoms with Gasteiger partial charge in [-0.05, 0) is 31.2 Å². The standard InChI is InChI=1S/C19H22FN3O5/c1-4-22(11-13-5-7-17(27-2)15(20)9-13)12-19(24)21-16-10-14(23(25)26)6-8-18(16)28-3/h5-10H,4,11-12H2,1-3H3,(H,21,24)/p+1. The maximum Gasteiger partial charge on any atom is 0.279 e. The van der Waals surface area contributed by atoms with Gasteiger partial charge >= 0.3 is 0 Å². The number of quaternary nitrogens is 1. The van der Waals surface area contributed by atoms with E-state index in [4.69, 9.17) is 9.47 Å². The number of methoxy groups -OCH3 is 2. The fourth-order valence-electron chi connectivity index (χ4n) is 2.75. The molecule has 0 saturated heterocycles. The molecular formula is C19H23FN3O5+. The monoisotopic (exact) mass is 392 g/mol. The number of likely N-dealkylation sites (N-methyl/N-ethyl adjacent to an activating group) is 1. The Morgan fingerprint density at radius 1 is 1.18 bits per heavy atom. The Morgan fingerprint density at radius 2 is 1.86 bits per heavy atom. The van der Waals surface area contributed by atoms with Crippen LogP contribution in [0.1, 0.15) is 12.5 Å². The molecule has 0 aromatic heterocycles. The van der Waals surface area contributed by atoms with Gasteiger partial charge in [0, 0.05) is 17.7 Å². The van der Waals surface area contributed by atoms with E-state index >= 15 is 0 Å². The Morgan fingerprint density at radius 3 is 2.43 bits per heavy atom. The number of nitro benzene ring substituents is 1. The number of benzene rings is 2. The number of halogens is 1. The maximum absolute atomic E-state index is 13.9. The van der Waals surface area contributed by atoms with Crippen molar-refractivity contribution in [2.45, 2.75) is 13.5 Å². The first-order valence-corrected chi connectivity index (χ1v) is 8.66. The van der Waals surface area contributed by atoms with Crippen LogP contribution in [0.5, 0.6) is 11.5 Å². The molecule has 0 aliphatic rings. The number of anilines is 1. The SMILES string of the molecule is CC[NH+](CC(=O)Nc1cc([N+](=O)[O-])ccc1OC)Cc1ccc(OC)c(F)c1. The molecule has 1 atom stereocenters. The first-order chi connectivity index (χ1) is 13.4. The quantitative estimate of drug-likeness (QED) is 0.501. The Hall–Kier alpha value is -3.20. The van der Waals surface area contributed by atoms with E-state index in [1.165, 1.54) is 38.5 Å². The molecule has 150 valence electrons. The highest BCUT2D eigenvalue weighted by atomic mass is 19.1. The van der Waals surface area contributed by atoms with Gasteiger partial charge in [-0.25, -0.2) is 4.39 Å².